The number of ether oxygens (including phenoxy) is 2. The number of nitriles is 1. The smallest absolute Gasteiger partial charge is 0.294 e. The van der Waals surface area contributed by atoms with E-state index in [1.165, 1.54) is 0 Å². The molecule has 1 aliphatic rings. The molecule has 32 heavy (non-hydrogen) atoms. The average molecular weight is 472 g/mol. The molecule has 1 N–H and O–H groups in total. The van der Waals surface area contributed by atoms with Crippen molar-refractivity contribution in [2.24, 2.45) is 0 Å². The van der Waals surface area contributed by atoms with Gasteiger partial charge in [-0.3, -0.25) is 19.3 Å². The summed E-state index contributed by atoms with van der Waals surface area (Å²) in [7, 11) is 0. The second-order valence-corrected chi connectivity index (χ2v) is 7.84. The number of carbonyl (C=O) groups excluding carboxylic acids is 3. The standard InChI is InChI=1S/C22H18ClN3O5S/c1-2-30-18-11-14(3-8-17(18)31-10-9-24)12-19-21(28)26(22(29)32-19)13-20(27)25-16-6-4-15(23)5-7-16/h3-8,11-12H,2,10,13H2,1H3,(H,25,27)/b19-12-. The lowest BCUT2D eigenvalue weighted by Crippen LogP contribution is -2.36. The second kappa shape index (κ2) is 10.7. The SMILES string of the molecule is CCOc1cc(/C=C2\SC(=O)N(CC(=O)Nc3ccc(Cl)cc3)C2=O)ccc1OCC#N. The van der Waals surface area contributed by atoms with E-state index < -0.39 is 23.6 Å². The molecule has 0 bridgehead atoms. The molecule has 0 aromatic heterocycles. The Kier molecular flexibility index (Phi) is 7.76. The molecule has 3 amide bonds. The fourth-order valence-electron chi connectivity index (χ4n) is 2.78. The molecule has 1 saturated heterocycles. The highest BCUT2D eigenvalue weighted by Crippen LogP contribution is 2.34. The molecule has 1 aliphatic heterocycles. The molecule has 10 heteroatoms. The maximum atomic E-state index is 12.7. The molecule has 3 rings (SSSR count). The summed E-state index contributed by atoms with van der Waals surface area (Å²) in [4.78, 5) is 38.4. The van der Waals surface area contributed by atoms with E-state index in [1.807, 2.05) is 6.07 Å². The van der Waals surface area contributed by atoms with Crippen molar-refractivity contribution < 1.29 is 23.9 Å². The minimum atomic E-state index is -0.561. The number of rotatable bonds is 8. The highest BCUT2D eigenvalue weighted by atomic mass is 35.5. The Morgan fingerprint density at radius 1 is 1.19 bits per heavy atom. The maximum absolute atomic E-state index is 12.7. The zero-order chi connectivity index (χ0) is 23.1. The summed E-state index contributed by atoms with van der Waals surface area (Å²) < 4.78 is 10.9. The highest BCUT2D eigenvalue weighted by molar-refractivity contribution is 8.18. The molecule has 0 saturated carbocycles. The van der Waals surface area contributed by atoms with Gasteiger partial charge in [-0.15, -0.1) is 0 Å². The topological polar surface area (TPSA) is 109 Å². The lowest BCUT2D eigenvalue weighted by Gasteiger charge is -2.12. The Balaban J connectivity index is 1.71. The number of anilines is 1. The Morgan fingerprint density at radius 2 is 1.94 bits per heavy atom. The number of amides is 3. The van der Waals surface area contributed by atoms with E-state index in [2.05, 4.69) is 5.32 Å². The van der Waals surface area contributed by atoms with Crippen molar-refractivity contribution in [3.63, 3.8) is 0 Å². The van der Waals surface area contributed by atoms with Gasteiger partial charge < -0.3 is 14.8 Å². The zero-order valence-corrected chi connectivity index (χ0v) is 18.5. The van der Waals surface area contributed by atoms with E-state index in [9.17, 15) is 14.4 Å². The van der Waals surface area contributed by atoms with Crippen molar-refractivity contribution in [1.29, 1.82) is 5.26 Å². The Labute approximate surface area is 193 Å². The summed E-state index contributed by atoms with van der Waals surface area (Å²) >= 11 is 6.57. The Bertz CT molecular complexity index is 1110. The predicted molar refractivity (Wildman–Crippen MR) is 121 cm³/mol. The van der Waals surface area contributed by atoms with Crippen LogP contribution >= 0.6 is 23.4 Å². The summed E-state index contributed by atoms with van der Waals surface area (Å²) in [5, 5.41) is 11.3. The first-order valence-corrected chi connectivity index (χ1v) is 10.7. The molecule has 0 radical (unpaired) electrons. The quantitative estimate of drug-likeness (QED) is 0.571. The molecule has 2 aromatic carbocycles. The van der Waals surface area contributed by atoms with Crippen molar-refractivity contribution in [2.75, 3.05) is 25.1 Å². The molecule has 8 nitrogen and oxygen atoms in total. The molecular weight excluding hydrogens is 454 g/mol. The summed E-state index contributed by atoms with van der Waals surface area (Å²) in [5.41, 5.74) is 1.11. The first-order valence-electron chi connectivity index (χ1n) is 9.48. The van der Waals surface area contributed by atoms with Crippen LogP contribution in [0.4, 0.5) is 10.5 Å². The summed E-state index contributed by atoms with van der Waals surface area (Å²) in [5.74, 6) is -0.252. The van der Waals surface area contributed by atoms with Crippen molar-refractivity contribution in [1.82, 2.24) is 4.90 Å². The summed E-state index contributed by atoms with van der Waals surface area (Å²) in [6.07, 6.45) is 1.54. The van der Waals surface area contributed by atoms with Gasteiger partial charge in [0.05, 0.1) is 11.5 Å². The molecule has 2 aromatic rings. The first-order chi connectivity index (χ1) is 15.4. The van der Waals surface area contributed by atoms with Crippen LogP contribution in [0.1, 0.15) is 12.5 Å². The zero-order valence-electron chi connectivity index (χ0n) is 17.0. The predicted octanol–water partition coefficient (Wildman–Crippen LogP) is 4.32. The molecule has 0 spiro atoms. The summed E-state index contributed by atoms with van der Waals surface area (Å²) in [6.45, 7) is 1.65. The third-order valence-electron chi connectivity index (χ3n) is 4.16. The van der Waals surface area contributed by atoms with Crippen molar-refractivity contribution in [3.05, 3.63) is 58.0 Å². The number of carbonyl (C=O) groups is 3. The van der Waals surface area contributed by atoms with E-state index in [0.29, 0.717) is 34.4 Å². The van der Waals surface area contributed by atoms with Crippen LogP contribution in [-0.2, 0) is 9.59 Å². The number of nitrogens with zero attached hydrogens (tertiary/aromatic N) is 2. The van der Waals surface area contributed by atoms with Crippen LogP contribution in [0.25, 0.3) is 6.08 Å². The van der Waals surface area contributed by atoms with Gasteiger partial charge in [0, 0.05) is 10.7 Å². The number of imide groups is 1. The van der Waals surface area contributed by atoms with Crippen LogP contribution in [0, 0.1) is 11.3 Å². The van der Waals surface area contributed by atoms with E-state index in [1.54, 1.807) is 55.5 Å². The van der Waals surface area contributed by atoms with Crippen molar-refractivity contribution in [3.8, 4) is 17.6 Å². The molecule has 1 heterocycles. The van der Waals surface area contributed by atoms with Gasteiger partial charge in [0.1, 0.15) is 12.6 Å². The highest BCUT2D eigenvalue weighted by Gasteiger charge is 2.36. The lowest BCUT2D eigenvalue weighted by atomic mass is 10.2. The minimum Gasteiger partial charge on any atom is -0.490 e. The van der Waals surface area contributed by atoms with Gasteiger partial charge >= 0.3 is 0 Å². The van der Waals surface area contributed by atoms with Gasteiger partial charge in [-0.05, 0) is 66.7 Å². The number of benzene rings is 2. The Morgan fingerprint density at radius 3 is 2.62 bits per heavy atom. The van der Waals surface area contributed by atoms with Gasteiger partial charge in [0.2, 0.25) is 5.91 Å². The molecule has 0 atom stereocenters. The van der Waals surface area contributed by atoms with Gasteiger partial charge in [0.15, 0.2) is 18.1 Å². The van der Waals surface area contributed by atoms with Crippen LogP contribution in [0.15, 0.2) is 47.4 Å². The van der Waals surface area contributed by atoms with Gasteiger partial charge in [-0.1, -0.05) is 17.7 Å². The van der Waals surface area contributed by atoms with E-state index in [4.69, 9.17) is 26.3 Å². The molecule has 164 valence electrons. The average Bonchev–Trinajstić information content (AvgIpc) is 3.02. The number of hydrogen-bond donors (Lipinski definition) is 1. The van der Waals surface area contributed by atoms with Gasteiger partial charge in [-0.2, -0.15) is 5.26 Å². The Hall–Kier alpha value is -3.48. The largest absolute Gasteiger partial charge is 0.490 e. The van der Waals surface area contributed by atoms with Crippen LogP contribution < -0.4 is 14.8 Å². The lowest BCUT2D eigenvalue weighted by molar-refractivity contribution is -0.127. The summed E-state index contributed by atoms with van der Waals surface area (Å²) in [6, 6.07) is 13.3. The molecular formula is C22H18ClN3O5S. The van der Waals surface area contributed by atoms with E-state index in [0.717, 1.165) is 16.7 Å². The monoisotopic (exact) mass is 471 g/mol. The van der Waals surface area contributed by atoms with E-state index in [-0.39, 0.29) is 11.5 Å². The molecule has 0 aliphatic carbocycles. The van der Waals surface area contributed by atoms with Crippen LogP contribution in [-0.4, -0.2) is 41.7 Å². The fraction of sp³-hybridized carbons (Fsp3) is 0.182. The molecule has 0 unspecified atom stereocenters. The number of hydrogen-bond acceptors (Lipinski definition) is 7. The van der Waals surface area contributed by atoms with Gasteiger partial charge in [-0.25, -0.2) is 0 Å². The minimum absolute atomic E-state index is 0.129. The second-order valence-electron chi connectivity index (χ2n) is 6.41. The number of nitrogens with one attached hydrogen (secondary N) is 1. The normalized spacial score (nSPS) is 14.4. The maximum Gasteiger partial charge on any atom is 0.294 e. The van der Waals surface area contributed by atoms with Gasteiger partial charge in [0.25, 0.3) is 11.1 Å². The van der Waals surface area contributed by atoms with Crippen molar-refractivity contribution in [2.45, 2.75) is 6.92 Å². The fourth-order valence-corrected chi connectivity index (χ4v) is 3.74. The van der Waals surface area contributed by atoms with E-state index >= 15 is 0 Å². The molecule has 1 fully saturated rings. The number of thioether (sulfide) groups is 1. The van der Waals surface area contributed by atoms with Crippen LogP contribution in [0.2, 0.25) is 5.02 Å². The number of halogens is 1. The third-order valence-corrected chi connectivity index (χ3v) is 5.32. The van der Waals surface area contributed by atoms with Crippen LogP contribution in [0.5, 0.6) is 11.5 Å². The van der Waals surface area contributed by atoms with Crippen LogP contribution in [0.3, 0.4) is 0 Å². The first kappa shape index (κ1) is 23.2. The van der Waals surface area contributed by atoms with Crippen molar-refractivity contribution >= 4 is 52.2 Å². The third kappa shape index (κ3) is 5.81.